The summed E-state index contributed by atoms with van der Waals surface area (Å²) in [5.41, 5.74) is 8.19. The van der Waals surface area contributed by atoms with Gasteiger partial charge in [0.25, 0.3) is 0 Å². The fraction of sp³-hybridized carbons (Fsp3) is 0.208. The van der Waals surface area contributed by atoms with Gasteiger partial charge in [0, 0.05) is 18.2 Å². The number of carbonyl (C=O) groups is 1. The number of anilines is 1. The van der Waals surface area contributed by atoms with Gasteiger partial charge in [0.2, 0.25) is 15.9 Å². The van der Waals surface area contributed by atoms with Crippen LogP contribution in [0, 0.1) is 0 Å². The van der Waals surface area contributed by atoms with Gasteiger partial charge in [0.15, 0.2) is 0 Å². The SMILES string of the molecule is CS(=O)(=O)Nc1cc(C(O)CN[C@H](Cc2ccccc2)c2ccc(C(N)=O)cc2)ccc1O. The van der Waals surface area contributed by atoms with E-state index in [4.69, 9.17) is 5.73 Å². The second-order valence-electron chi connectivity index (χ2n) is 7.80. The molecular formula is C24H27N3O5S. The monoisotopic (exact) mass is 469 g/mol. The molecule has 33 heavy (non-hydrogen) atoms. The van der Waals surface area contributed by atoms with Crippen LogP contribution in [-0.2, 0) is 16.4 Å². The van der Waals surface area contributed by atoms with E-state index in [0.29, 0.717) is 17.5 Å². The van der Waals surface area contributed by atoms with E-state index < -0.39 is 22.0 Å². The maximum absolute atomic E-state index is 11.5. The molecule has 0 aliphatic carbocycles. The summed E-state index contributed by atoms with van der Waals surface area (Å²) in [6.07, 6.45) is 0.656. The predicted octanol–water partition coefficient (Wildman–Crippen LogP) is 2.47. The van der Waals surface area contributed by atoms with Gasteiger partial charge in [0.05, 0.1) is 18.0 Å². The summed E-state index contributed by atoms with van der Waals surface area (Å²) < 4.78 is 25.3. The number of aliphatic hydroxyl groups excluding tert-OH is 1. The fourth-order valence-corrected chi connectivity index (χ4v) is 4.01. The third-order valence-corrected chi connectivity index (χ3v) is 5.73. The third kappa shape index (κ3) is 7.04. The normalized spacial score (nSPS) is 13.3. The van der Waals surface area contributed by atoms with Gasteiger partial charge in [-0.1, -0.05) is 48.5 Å². The minimum absolute atomic E-state index is 0.00285. The molecular weight excluding hydrogens is 442 g/mol. The first-order chi connectivity index (χ1) is 15.6. The Labute approximate surface area is 193 Å². The number of carbonyl (C=O) groups excluding carboxylic acids is 1. The predicted molar refractivity (Wildman–Crippen MR) is 127 cm³/mol. The van der Waals surface area contributed by atoms with Crippen LogP contribution in [-0.4, -0.2) is 37.3 Å². The fourth-order valence-electron chi connectivity index (χ4n) is 3.45. The second kappa shape index (κ2) is 10.5. The molecule has 0 radical (unpaired) electrons. The van der Waals surface area contributed by atoms with Crippen LogP contribution in [0.15, 0.2) is 72.8 Å². The summed E-state index contributed by atoms with van der Waals surface area (Å²) in [6.45, 7) is 0.165. The molecule has 6 N–H and O–H groups in total. The number of sulfonamides is 1. The zero-order valence-electron chi connectivity index (χ0n) is 18.1. The molecule has 0 saturated carbocycles. The zero-order chi connectivity index (χ0) is 24.0. The average Bonchev–Trinajstić information content (AvgIpc) is 2.77. The van der Waals surface area contributed by atoms with Gasteiger partial charge in [-0.05, 0) is 47.4 Å². The Balaban J connectivity index is 1.78. The van der Waals surface area contributed by atoms with Crippen molar-refractivity contribution in [2.75, 3.05) is 17.5 Å². The average molecular weight is 470 g/mol. The summed E-state index contributed by atoms with van der Waals surface area (Å²) in [6, 6.07) is 20.9. The lowest BCUT2D eigenvalue weighted by atomic mass is 9.97. The van der Waals surface area contributed by atoms with Crippen molar-refractivity contribution in [1.82, 2.24) is 5.32 Å². The second-order valence-corrected chi connectivity index (χ2v) is 9.55. The molecule has 3 rings (SSSR count). The van der Waals surface area contributed by atoms with Crippen LogP contribution in [0.25, 0.3) is 0 Å². The molecule has 174 valence electrons. The van der Waals surface area contributed by atoms with Crippen LogP contribution in [0.4, 0.5) is 5.69 Å². The first-order valence-electron chi connectivity index (χ1n) is 10.3. The van der Waals surface area contributed by atoms with E-state index in [9.17, 15) is 23.4 Å². The van der Waals surface area contributed by atoms with Gasteiger partial charge in [-0.15, -0.1) is 0 Å². The van der Waals surface area contributed by atoms with Crippen molar-refractivity contribution < 1.29 is 23.4 Å². The lowest BCUT2D eigenvalue weighted by Crippen LogP contribution is -2.28. The third-order valence-electron chi connectivity index (χ3n) is 5.14. The van der Waals surface area contributed by atoms with E-state index in [1.807, 2.05) is 42.5 Å². The van der Waals surface area contributed by atoms with E-state index in [1.165, 1.54) is 18.2 Å². The van der Waals surface area contributed by atoms with E-state index in [2.05, 4.69) is 10.0 Å². The summed E-state index contributed by atoms with van der Waals surface area (Å²) >= 11 is 0. The molecule has 3 aromatic carbocycles. The van der Waals surface area contributed by atoms with Crippen molar-refractivity contribution in [3.8, 4) is 5.75 Å². The highest BCUT2D eigenvalue weighted by molar-refractivity contribution is 7.92. The number of phenolic OH excluding ortho intramolecular Hbond substituents is 1. The Morgan fingerprint density at radius 1 is 1.00 bits per heavy atom. The van der Waals surface area contributed by atoms with Crippen LogP contribution >= 0.6 is 0 Å². The quantitative estimate of drug-likeness (QED) is 0.289. The molecule has 0 aliphatic heterocycles. The van der Waals surface area contributed by atoms with Gasteiger partial charge in [-0.3, -0.25) is 9.52 Å². The van der Waals surface area contributed by atoms with Crippen molar-refractivity contribution in [3.63, 3.8) is 0 Å². The first kappa shape index (κ1) is 24.2. The lowest BCUT2D eigenvalue weighted by molar-refractivity contribution is 0.1000. The number of rotatable bonds is 10. The molecule has 8 nitrogen and oxygen atoms in total. The molecule has 0 spiro atoms. The number of aliphatic hydroxyl groups is 1. The van der Waals surface area contributed by atoms with Crippen LogP contribution in [0.5, 0.6) is 5.75 Å². The van der Waals surface area contributed by atoms with E-state index in [-0.39, 0.29) is 24.0 Å². The minimum Gasteiger partial charge on any atom is -0.506 e. The smallest absolute Gasteiger partial charge is 0.248 e. The summed E-state index contributed by atoms with van der Waals surface area (Å²) in [4.78, 5) is 11.4. The standard InChI is InChI=1S/C24H27N3O5S/c1-33(31,32)27-21-14-19(11-12-22(21)28)23(29)15-26-20(13-16-5-3-2-4-6-16)17-7-9-18(10-8-17)24(25)30/h2-12,14,20,23,26-29H,13,15H2,1H3,(H2,25,30)/t20-,23?/m1/s1. The number of nitrogens with two attached hydrogens (primary N) is 1. The number of aromatic hydroxyl groups is 1. The number of hydrogen-bond acceptors (Lipinski definition) is 6. The van der Waals surface area contributed by atoms with Crippen molar-refractivity contribution >= 4 is 21.6 Å². The van der Waals surface area contributed by atoms with E-state index >= 15 is 0 Å². The summed E-state index contributed by atoms with van der Waals surface area (Å²) in [7, 11) is -3.59. The Morgan fingerprint density at radius 3 is 2.24 bits per heavy atom. The van der Waals surface area contributed by atoms with Crippen LogP contribution in [0.2, 0.25) is 0 Å². The molecule has 3 aromatic rings. The summed E-state index contributed by atoms with van der Waals surface area (Å²) in [5, 5.41) is 24.0. The van der Waals surface area contributed by atoms with Gasteiger partial charge in [-0.25, -0.2) is 8.42 Å². The molecule has 2 atom stereocenters. The Morgan fingerprint density at radius 2 is 1.64 bits per heavy atom. The van der Waals surface area contributed by atoms with Gasteiger partial charge in [0.1, 0.15) is 5.75 Å². The number of amides is 1. The van der Waals surface area contributed by atoms with Crippen LogP contribution < -0.4 is 15.8 Å². The molecule has 0 aromatic heterocycles. The van der Waals surface area contributed by atoms with Crippen LogP contribution in [0.3, 0.4) is 0 Å². The molecule has 0 saturated heterocycles. The zero-order valence-corrected chi connectivity index (χ0v) is 18.9. The van der Waals surface area contributed by atoms with E-state index in [1.54, 1.807) is 12.1 Å². The Kier molecular flexibility index (Phi) is 7.70. The molecule has 0 fully saturated rings. The number of benzene rings is 3. The van der Waals surface area contributed by atoms with Crippen molar-refractivity contribution in [2.24, 2.45) is 5.73 Å². The Hall–Kier alpha value is -3.40. The van der Waals surface area contributed by atoms with Crippen molar-refractivity contribution in [1.29, 1.82) is 0 Å². The Bertz CT molecular complexity index is 1200. The molecule has 1 unspecified atom stereocenters. The van der Waals surface area contributed by atoms with Gasteiger partial charge in [-0.2, -0.15) is 0 Å². The highest BCUT2D eigenvalue weighted by atomic mass is 32.2. The first-order valence-corrected chi connectivity index (χ1v) is 12.2. The molecule has 0 heterocycles. The number of hydrogen-bond donors (Lipinski definition) is 5. The van der Waals surface area contributed by atoms with Gasteiger partial charge >= 0.3 is 0 Å². The highest BCUT2D eigenvalue weighted by Crippen LogP contribution is 2.28. The van der Waals surface area contributed by atoms with Crippen LogP contribution in [0.1, 0.15) is 39.2 Å². The number of primary amides is 1. The topological polar surface area (TPSA) is 142 Å². The number of phenols is 1. The van der Waals surface area contributed by atoms with Gasteiger partial charge < -0.3 is 21.3 Å². The van der Waals surface area contributed by atoms with E-state index in [0.717, 1.165) is 17.4 Å². The lowest BCUT2D eigenvalue weighted by Gasteiger charge is -2.22. The molecule has 0 bridgehead atoms. The summed E-state index contributed by atoms with van der Waals surface area (Å²) in [5.74, 6) is -0.740. The molecule has 9 heteroatoms. The largest absolute Gasteiger partial charge is 0.506 e. The van der Waals surface area contributed by atoms with Crippen molar-refractivity contribution in [2.45, 2.75) is 18.6 Å². The highest BCUT2D eigenvalue weighted by Gasteiger charge is 2.17. The molecule has 1 amide bonds. The van der Waals surface area contributed by atoms with Crippen molar-refractivity contribution in [3.05, 3.63) is 95.1 Å². The maximum Gasteiger partial charge on any atom is 0.248 e. The maximum atomic E-state index is 11.5. The molecule has 0 aliphatic rings. The minimum atomic E-state index is -3.59. The number of nitrogens with one attached hydrogen (secondary N) is 2.